The van der Waals surface area contributed by atoms with Crippen molar-refractivity contribution in [3.8, 4) is 17.2 Å². The van der Waals surface area contributed by atoms with Crippen molar-refractivity contribution >= 4 is 15.9 Å². The summed E-state index contributed by atoms with van der Waals surface area (Å²) in [5, 5.41) is 0. The first-order chi connectivity index (χ1) is 7.31. The first-order valence-corrected chi connectivity index (χ1v) is 5.52. The average Bonchev–Trinajstić information content (AvgIpc) is 2.65. The molecule has 0 aliphatic carbocycles. The zero-order chi connectivity index (χ0) is 10.7. The molecule has 0 unspecified atom stereocenters. The van der Waals surface area contributed by atoms with Gasteiger partial charge in [-0.25, -0.2) is 0 Å². The molecule has 82 valence electrons. The summed E-state index contributed by atoms with van der Waals surface area (Å²) in [7, 11) is 0. The van der Waals surface area contributed by atoms with Gasteiger partial charge < -0.3 is 19.9 Å². The molecule has 1 aliphatic rings. The van der Waals surface area contributed by atoms with E-state index in [4.69, 9.17) is 19.9 Å². The van der Waals surface area contributed by atoms with E-state index in [1.54, 1.807) is 0 Å². The van der Waals surface area contributed by atoms with Gasteiger partial charge in [0, 0.05) is 12.1 Å². The summed E-state index contributed by atoms with van der Waals surface area (Å²) in [6.45, 7) is 1.50. The third-order valence-corrected chi connectivity index (χ3v) is 2.65. The van der Waals surface area contributed by atoms with Crippen LogP contribution in [0.3, 0.4) is 0 Å². The molecule has 4 nitrogen and oxygen atoms in total. The van der Waals surface area contributed by atoms with Crippen LogP contribution in [-0.2, 0) is 0 Å². The quantitative estimate of drug-likeness (QED) is 0.852. The lowest BCUT2D eigenvalue weighted by Crippen LogP contribution is -2.06. The van der Waals surface area contributed by atoms with Crippen LogP contribution in [-0.4, -0.2) is 19.9 Å². The van der Waals surface area contributed by atoms with Gasteiger partial charge >= 0.3 is 0 Å². The van der Waals surface area contributed by atoms with Crippen molar-refractivity contribution in [1.29, 1.82) is 0 Å². The van der Waals surface area contributed by atoms with E-state index < -0.39 is 0 Å². The van der Waals surface area contributed by atoms with Crippen LogP contribution in [0.25, 0.3) is 0 Å². The molecule has 2 N–H and O–H groups in total. The van der Waals surface area contributed by atoms with Crippen molar-refractivity contribution in [2.75, 3.05) is 19.9 Å². The lowest BCUT2D eigenvalue weighted by atomic mass is 10.3. The third kappa shape index (κ3) is 2.35. The van der Waals surface area contributed by atoms with Crippen LogP contribution in [0.15, 0.2) is 16.6 Å². The normalized spacial score (nSPS) is 12.9. The second-order valence-corrected chi connectivity index (χ2v) is 3.98. The van der Waals surface area contributed by atoms with Gasteiger partial charge in [-0.2, -0.15) is 0 Å². The third-order valence-electron chi connectivity index (χ3n) is 2.03. The maximum atomic E-state index is 5.54. The summed E-state index contributed by atoms with van der Waals surface area (Å²) in [6, 6.07) is 3.67. The first-order valence-electron chi connectivity index (χ1n) is 4.73. The Kier molecular flexibility index (Phi) is 3.33. The molecular formula is C10H12BrNO3. The summed E-state index contributed by atoms with van der Waals surface area (Å²) >= 11 is 3.41. The minimum Gasteiger partial charge on any atom is -0.492 e. The fourth-order valence-corrected chi connectivity index (χ4v) is 1.71. The summed E-state index contributed by atoms with van der Waals surface area (Å²) in [5.41, 5.74) is 5.38. The zero-order valence-electron chi connectivity index (χ0n) is 8.16. The summed E-state index contributed by atoms with van der Waals surface area (Å²) < 4.78 is 16.9. The molecule has 1 aromatic rings. The lowest BCUT2D eigenvalue weighted by molar-refractivity contribution is 0.173. The largest absolute Gasteiger partial charge is 0.492 e. The molecular weight excluding hydrogens is 262 g/mol. The highest BCUT2D eigenvalue weighted by molar-refractivity contribution is 9.10. The van der Waals surface area contributed by atoms with Crippen LogP contribution in [0.1, 0.15) is 6.42 Å². The van der Waals surface area contributed by atoms with Crippen LogP contribution in [0, 0.1) is 0 Å². The Balaban J connectivity index is 2.10. The van der Waals surface area contributed by atoms with Crippen LogP contribution in [0.5, 0.6) is 17.2 Å². The van der Waals surface area contributed by atoms with Gasteiger partial charge in [0.25, 0.3) is 0 Å². The van der Waals surface area contributed by atoms with E-state index >= 15 is 0 Å². The fourth-order valence-electron chi connectivity index (χ4n) is 1.27. The summed E-state index contributed by atoms with van der Waals surface area (Å²) in [6.07, 6.45) is 0.834. The minimum atomic E-state index is 0.272. The lowest BCUT2D eigenvalue weighted by Gasteiger charge is -2.08. The molecule has 0 fully saturated rings. The van der Waals surface area contributed by atoms with E-state index in [0.717, 1.165) is 28.1 Å². The first kappa shape index (κ1) is 10.6. The van der Waals surface area contributed by atoms with Gasteiger partial charge in [0.05, 0.1) is 11.1 Å². The number of hydrogen-bond donors (Lipinski definition) is 1. The molecule has 0 saturated heterocycles. The van der Waals surface area contributed by atoms with E-state index in [1.807, 2.05) is 12.1 Å². The number of halogens is 1. The van der Waals surface area contributed by atoms with Crippen molar-refractivity contribution in [2.45, 2.75) is 6.42 Å². The Bertz CT molecular complexity index is 357. The highest BCUT2D eigenvalue weighted by atomic mass is 79.9. The molecule has 5 heteroatoms. The van der Waals surface area contributed by atoms with Gasteiger partial charge in [-0.3, -0.25) is 0 Å². The predicted octanol–water partition coefficient (Wildman–Crippen LogP) is 1.91. The molecule has 0 amide bonds. The van der Waals surface area contributed by atoms with Gasteiger partial charge in [-0.05, 0) is 28.9 Å². The standard InChI is InChI=1S/C10H12BrNO3/c11-7-4-9-10(15-6-14-9)5-8(7)13-3-1-2-12/h4-5H,1-3,6,12H2. The van der Waals surface area contributed by atoms with Crippen LogP contribution in [0.2, 0.25) is 0 Å². The van der Waals surface area contributed by atoms with E-state index in [2.05, 4.69) is 15.9 Å². The molecule has 0 spiro atoms. The smallest absolute Gasteiger partial charge is 0.231 e. The molecule has 1 heterocycles. The second-order valence-electron chi connectivity index (χ2n) is 3.13. The molecule has 15 heavy (non-hydrogen) atoms. The maximum absolute atomic E-state index is 5.54. The van der Waals surface area contributed by atoms with Crippen molar-refractivity contribution in [2.24, 2.45) is 5.73 Å². The van der Waals surface area contributed by atoms with E-state index in [-0.39, 0.29) is 6.79 Å². The number of fused-ring (bicyclic) bond motifs is 1. The highest BCUT2D eigenvalue weighted by Gasteiger charge is 2.16. The Hall–Kier alpha value is -0.940. The molecule has 0 atom stereocenters. The number of benzene rings is 1. The van der Waals surface area contributed by atoms with Crippen molar-refractivity contribution in [3.05, 3.63) is 16.6 Å². The molecule has 0 radical (unpaired) electrons. The van der Waals surface area contributed by atoms with E-state index in [9.17, 15) is 0 Å². The maximum Gasteiger partial charge on any atom is 0.231 e. The zero-order valence-corrected chi connectivity index (χ0v) is 9.75. The van der Waals surface area contributed by atoms with Gasteiger partial charge in [-0.1, -0.05) is 0 Å². The van der Waals surface area contributed by atoms with Crippen molar-refractivity contribution < 1.29 is 14.2 Å². The molecule has 0 bridgehead atoms. The number of rotatable bonds is 4. The highest BCUT2D eigenvalue weighted by Crippen LogP contribution is 2.40. The van der Waals surface area contributed by atoms with Crippen LogP contribution < -0.4 is 19.9 Å². The Morgan fingerprint density at radius 1 is 1.33 bits per heavy atom. The second kappa shape index (κ2) is 4.72. The number of nitrogens with two attached hydrogens (primary N) is 1. The molecule has 0 saturated carbocycles. The minimum absolute atomic E-state index is 0.272. The molecule has 2 rings (SSSR count). The van der Waals surface area contributed by atoms with Crippen LogP contribution >= 0.6 is 15.9 Å². The van der Waals surface area contributed by atoms with Gasteiger partial charge in [0.2, 0.25) is 6.79 Å². The number of hydrogen-bond acceptors (Lipinski definition) is 4. The Morgan fingerprint density at radius 2 is 2.07 bits per heavy atom. The van der Waals surface area contributed by atoms with Gasteiger partial charge in [0.15, 0.2) is 11.5 Å². The molecule has 1 aromatic carbocycles. The van der Waals surface area contributed by atoms with Crippen LogP contribution in [0.4, 0.5) is 0 Å². The van der Waals surface area contributed by atoms with Gasteiger partial charge in [-0.15, -0.1) is 0 Å². The van der Waals surface area contributed by atoms with Gasteiger partial charge in [0.1, 0.15) is 5.75 Å². The summed E-state index contributed by atoms with van der Waals surface area (Å²) in [5.74, 6) is 2.22. The molecule has 1 aliphatic heterocycles. The van der Waals surface area contributed by atoms with E-state index in [0.29, 0.717) is 13.2 Å². The Morgan fingerprint density at radius 3 is 2.80 bits per heavy atom. The fraction of sp³-hybridized carbons (Fsp3) is 0.400. The van der Waals surface area contributed by atoms with E-state index in [1.165, 1.54) is 0 Å². The monoisotopic (exact) mass is 273 g/mol. The predicted molar refractivity (Wildman–Crippen MR) is 59.4 cm³/mol. The number of ether oxygens (including phenoxy) is 3. The Labute approximate surface area is 96.4 Å². The topological polar surface area (TPSA) is 53.7 Å². The average molecular weight is 274 g/mol. The molecule has 0 aromatic heterocycles. The SMILES string of the molecule is NCCCOc1cc2c(cc1Br)OCO2. The summed E-state index contributed by atoms with van der Waals surface area (Å²) in [4.78, 5) is 0. The van der Waals surface area contributed by atoms with Crippen molar-refractivity contribution in [1.82, 2.24) is 0 Å². The van der Waals surface area contributed by atoms with Crippen molar-refractivity contribution in [3.63, 3.8) is 0 Å².